The summed E-state index contributed by atoms with van der Waals surface area (Å²) in [5.74, 6) is 1.06. The Balaban J connectivity index is 1.78. The van der Waals surface area contributed by atoms with Crippen molar-refractivity contribution in [2.24, 2.45) is 4.99 Å². The maximum absolute atomic E-state index is 12.1. The number of anilines is 1. The first-order valence-corrected chi connectivity index (χ1v) is 11.4. The number of nitrogens with one attached hydrogen (secondary N) is 4. The van der Waals surface area contributed by atoms with Gasteiger partial charge in [0.15, 0.2) is 5.96 Å². The fourth-order valence-corrected chi connectivity index (χ4v) is 3.39. The lowest BCUT2D eigenvalue weighted by Gasteiger charge is -2.20. The lowest BCUT2D eigenvalue weighted by atomic mass is 10.2. The molecule has 0 radical (unpaired) electrons. The van der Waals surface area contributed by atoms with Crippen molar-refractivity contribution in [1.29, 1.82) is 0 Å². The number of hydrogen-bond acceptors (Lipinski definition) is 3. The highest BCUT2D eigenvalue weighted by atomic mass is 16.2. The number of benzene rings is 1. The molecule has 1 aliphatic heterocycles. The van der Waals surface area contributed by atoms with E-state index in [9.17, 15) is 9.59 Å². The lowest BCUT2D eigenvalue weighted by molar-refractivity contribution is -0.130. The zero-order valence-corrected chi connectivity index (χ0v) is 19.2. The number of likely N-dealkylation sites (tertiary alicyclic amines) is 1. The number of carbonyl (C=O) groups excluding carboxylic acids is 2. The van der Waals surface area contributed by atoms with Crippen molar-refractivity contribution in [3.63, 3.8) is 0 Å². The molecule has 0 spiro atoms. The molecule has 0 unspecified atom stereocenters. The van der Waals surface area contributed by atoms with E-state index in [1.54, 1.807) is 0 Å². The van der Waals surface area contributed by atoms with Crippen LogP contribution in [0.2, 0.25) is 0 Å². The molecule has 8 nitrogen and oxygen atoms in total. The van der Waals surface area contributed by atoms with Crippen LogP contribution in [0.25, 0.3) is 0 Å². The quantitative estimate of drug-likeness (QED) is 0.275. The summed E-state index contributed by atoms with van der Waals surface area (Å²) < 4.78 is 0. The highest BCUT2D eigenvalue weighted by Crippen LogP contribution is 2.12. The Kier molecular flexibility index (Phi) is 10.7. The molecule has 4 N–H and O–H groups in total. The summed E-state index contributed by atoms with van der Waals surface area (Å²) in [6, 6.07) is 7.57. The molecular formula is C23H38N6O2. The SMILES string of the molecule is CCNC(=NCc1ccc(NC(=O)NC(C)C)cc1)NCCCN1CCCCCC1=O. The molecule has 1 fully saturated rings. The Labute approximate surface area is 186 Å². The highest BCUT2D eigenvalue weighted by Gasteiger charge is 2.15. The van der Waals surface area contributed by atoms with Gasteiger partial charge in [0.2, 0.25) is 5.91 Å². The Morgan fingerprint density at radius 2 is 1.90 bits per heavy atom. The monoisotopic (exact) mass is 430 g/mol. The molecule has 0 aliphatic carbocycles. The van der Waals surface area contributed by atoms with E-state index in [1.165, 1.54) is 0 Å². The van der Waals surface area contributed by atoms with E-state index in [0.29, 0.717) is 13.0 Å². The van der Waals surface area contributed by atoms with Gasteiger partial charge in [-0.1, -0.05) is 18.6 Å². The molecule has 0 bridgehead atoms. The summed E-state index contributed by atoms with van der Waals surface area (Å²) in [7, 11) is 0. The van der Waals surface area contributed by atoms with E-state index in [2.05, 4.69) is 26.3 Å². The van der Waals surface area contributed by atoms with E-state index >= 15 is 0 Å². The number of hydrogen-bond donors (Lipinski definition) is 4. The Morgan fingerprint density at radius 3 is 2.61 bits per heavy atom. The lowest BCUT2D eigenvalue weighted by Crippen LogP contribution is -2.39. The topological polar surface area (TPSA) is 97.9 Å². The normalized spacial score (nSPS) is 14.9. The molecule has 1 saturated heterocycles. The summed E-state index contributed by atoms with van der Waals surface area (Å²) in [6.07, 6.45) is 4.87. The smallest absolute Gasteiger partial charge is 0.319 e. The fourth-order valence-electron chi connectivity index (χ4n) is 3.39. The van der Waals surface area contributed by atoms with Crippen LogP contribution in [-0.2, 0) is 11.3 Å². The number of guanidine groups is 1. The van der Waals surface area contributed by atoms with Crippen LogP contribution in [0, 0.1) is 0 Å². The van der Waals surface area contributed by atoms with Crippen LogP contribution in [0.15, 0.2) is 29.3 Å². The Bertz CT molecular complexity index is 717. The van der Waals surface area contributed by atoms with Gasteiger partial charge in [-0.05, 0) is 57.7 Å². The average Bonchev–Trinajstić information content (AvgIpc) is 2.93. The van der Waals surface area contributed by atoms with Crippen LogP contribution in [0.5, 0.6) is 0 Å². The molecule has 172 valence electrons. The van der Waals surface area contributed by atoms with Crippen molar-refractivity contribution >= 4 is 23.6 Å². The Morgan fingerprint density at radius 1 is 1.13 bits per heavy atom. The van der Waals surface area contributed by atoms with Gasteiger partial charge >= 0.3 is 6.03 Å². The summed E-state index contributed by atoms with van der Waals surface area (Å²) >= 11 is 0. The third-order valence-electron chi connectivity index (χ3n) is 4.96. The van der Waals surface area contributed by atoms with E-state index < -0.39 is 0 Å². The van der Waals surface area contributed by atoms with Crippen LogP contribution in [0.1, 0.15) is 58.4 Å². The first-order valence-electron chi connectivity index (χ1n) is 11.4. The second kappa shape index (κ2) is 13.5. The second-order valence-electron chi connectivity index (χ2n) is 8.12. The molecule has 31 heavy (non-hydrogen) atoms. The predicted molar refractivity (Wildman–Crippen MR) is 126 cm³/mol. The molecule has 2 rings (SSSR count). The van der Waals surface area contributed by atoms with Crippen molar-refractivity contribution in [2.45, 2.75) is 65.5 Å². The standard InChI is InChI=1S/C23H38N6O2/c1-4-24-22(25-14-8-16-29-15-7-5-6-9-21(29)30)26-17-19-10-12-20(13-11-19)28-23(31)27-18(2)3/h10-13,18H,4-9,14-17H2,1-3H3,(H2,24,25,26)(H2,27,28,31). The van der Waals surface area contributed by atoms with E-state index in [0.717, 1.165) is 69.1 Å². The van der Waals surface area contributed by atoms with Gasteiger partial charge in [0, 0.05) is 44.3 Å². The predicted octanol–water partition coefficient (Wildman–Crippen LogP) is 3.06. The first kappa shape index (κ1) is 24.5. The van der Waals surface area contributed by atoms with E-state index in [-0.39, 0.29) is 18.0 Å². The van der Waals surface area contributed by atoms with Gasteiger partial charge in [-0.2, -0.15) is 0 Å². The van der Waals surface area contributed by atoms with Gasteiger partial charge in [-0.3, -0.25) is 4.79 Å². The van der Waals surface area contributed by atoms with E-state index in [1.807, 2.05) is 49.9 Å². The number of urea groups is 1. The summed E-state index contributed by atoms with van der Waals surface area (Å²) in [4.78, 5) is 30.5. The fraction of sp³-hybridized carbons (Fsp3) is 0.609. The summed E-state index contributed by atoms with van der Waals surface area (Å²) in [5.41, 5.74) is 1.81. The summed E-state index contributed by atoms with van der Waals surface area (Å²) in [6.45, 7) is 9.65. The van der Waals surface area contributed by atoms with Crippen LogP contribution >= 0.6 is 0 Å². The molecule has 1 aliphatic rings. The molecule has 1 aromatic rings. The largest absolute Gasteiger partial charge is 0.357 e. The Hall–Kier alpha value is -2.77. The number of amides is 3. The van der Waals surface area contributed by atoms with Crippen LogP contribution in [-0.4, -0.2) is 55.0 Å². The molecule has 1 heterocycles. The molecule has 8 heteroatoms. The highest BCUT2D eigenvalue weighted by molar-refractivity contribution is 5.89. The second-order valence-corrected chi connectivity index (χ2v) is 8.12. The molecule has 3 amide bonds. The van der Waals surface area contributed by atoms with E-state index in [4.69, 9.17) is 0 Å². The molecule has 1 aromatic carbocycles. The minimum Gasteiger partial charge on any atom is -0.357 e. The third kappa shape index (κ3) is 9.72. The number of rotatable bonds is 9. The third-order valence-corrected chi connectivity index (χ3v) is 4.96. The maximum Gasteiger partial charge on any atom is 0.319 e. The summed E-state index contributed by atoms with van der Waals surface area (Å²) in [5, 5.41) is 12.2. The maximum atomic E-state index is 12.1. The van der Waals surface area contributed by atoms with Crippen molar-refractivity contribution in [2.75, 3.05) is 31.5 Å². The zero-order chi connectivity index (χ0) is 22.5. The minimum atomic E-state index is -0.207. The van der Waals surface area contributed by atoms with Gasteiger partial charge < -0.3 is 26.2 Å². The average molecular weight is 431 g/mol. The molecule has 0 atom stereocenters. The molecule has 0 aromatic heterocycles. The van der Waals surface area contributed by atoms with Crippen LogP contribution in [0.4, 0.5) is 10.5 Å². The first-order chi connectivity index (χ1) is 15.0. The molecule has 0 saturated carbocycles. The van der Waals surface area contributed by atoms with Gasteiger partial charge in [-0.25, -0.2) is 9.79 Å². The number of nitrogens with zero attached hydrogens (tertiary/aromatic N) is 2. The van der Waals surface area contributed by atoms with Crippen molar-refractivity contribution in [1.82, 2.24) is 20.9 Å². The molecular weight excluding hydrogens is 392 g/mol. The number of carbonyl (C=O) groups is 2. The zero-order valence-electron chi connectivity index (χ0n) is 19.2. The number of aliphatic imine (C=N–C) groups is 1. The van der Waals surface area contributed by atoms with Crippen LogP contribution in [0.3, 0.4) is 0 Å². The van der Waals surface area contributed by atoms with Gasteiger partial charge in [0.05, 0.1) is 6.54 Å². The minimum absolute atomic E-state index is 0.0930. The van der Waals surface area contributed by atoms with Crippen molar-refractivity contribution < 1.29 is 9.59 Å². The van der Waals surface area contributed by atoms with Crippen molar-refractivity contribution in [3.8, 4) is 0 Å². The van der Waals surface area contributed by atoms with Gasteiger partial charge in [0.25, 0.3) is 0 Å². The van der Waals surface area contributed by atoms with Gasteiger partial charge in [0.1, 0.15) is 0 Å². The van der Waals surface area contributed by atoms with Crippen LogP contribution < -0.4 is 21.3 Å². The van der Waals surface area contributed by atoms with Crippen molar-refractivity contribution in [3.05, 3.63) is 29.8 Å². The van der Waals surface area contributed by atoms with Gasteiger partial charge in [-0.15, -0.1) is 0 Å².